The van der Waals surface area contributed by atoms with Gasteiger partial charge in [0.1, 0.15) is 0 Å². The quantitative estimate of drug-likeness (QED) is 0.727. The molecule has 2 nitrogen and oxygen atoms in total. The molecule has 0 aromatic heterocycles. The molecule has 1 aromatic rings. The molecule has 0 fully saturated rings. The van der Waals surface area contributed by atoms with Crippen molar-refractivity contribution in [3.8, 4) is 0 Å². The zero-order chi connectivity index (χ0) is 12.7. The summed E-state index contributed by atoms with van der Waals surface area (Å²) in [5, 5.41) is 3.38. The molecule has 0 bridgehead atoms. The summed E-state index contributed by atoms with van der Waals surface area (Å²) in [7, 11) is 2.14. The lowest BCUT2D eigenvalue weighted by atomic mass is 10.1. The maximum absolute atomic E-state index is 3.95. The third kappa shape index (κ3) is 5.16. The van der Waals surface area contributed by atoms with Crippen LogP contribution in [0.1, 0.15) is 25.0 Å². The summed E-state index contributed by atoms with van der Waals surface area (Å²) in [6.07, 6.45) is 0. The largest absolute Gasteiger partial charge is 0.313 e. The van der Waals surface area contributed by atoms with Gasteiger partial charge in [0.05, 0.1) is 0 Å². The number of hydrogen-bond donors (Lipinski definition) is 1. The molecule has 0 saturated carbocycles. The molecule has 0 aliphatic carbocycles. The van der Waals surface area contributed by atoms with E-state index in [2.05, 4.69) is 62.0 Å². The molecule has 0 atom stereocenters. The molecule has 0 aliphatic heterocycles. The van der Waals surface area contributed by atoms with E-state index in [0.29, 0.717) is 0 Å². The van der Waals surface area contributed by atoms with Crippen LogP contribution in [0.5, 0.6) is 0 Å². The molecule has 0 saturated heterocycles. The Morgan fingerprint density at radius 1 is 1.29 bits per heavy atom. The predicted octanol–water partition coefficient (Wildman–Crippen LogP) is 2.80. The van der Waals surface area contributed by atoms with Gasteiger partial charge in [-0.2, -0.15) is 0 Å². The van der Waals surface area contributed by atoms with Gasteiger partial charge in [-0.15, -0.1) is 0 Å². The summed E-state index contributed by atoms with van der Waals surface area (Å²) in [4.78, 5) is 2.30. The van der Waals surface area contributed by atoms with Gasteiger partial charge in [-0.05, 0) is 31.6 Å². The SMILES string of the molecule is C=C(C)CN(C)Cc1ccccc1CNCC. The van der Waals surface area contributed by atoms with E-state index < -0.39 is 0 Å². The van der Waals surface area contributed by atoms with Gasteiger partial charge in [0.15, 0.2) is 0 Å². The Morgan fingerprint density at radius 3 is 2.53 bits per heavy atom. The van der Waals surface area contributed by atoms with Crippen molar-refractivity contribution >= 4 is 0 Å². The maximum atomic E-state index is 3.95. The summed E-state index contributed by atoms with van der Waals surface area (Å²) in [6, 6.07) is 8.63. The molecular weight excluding hydrogens is 208 g/mol. The highest BCUT2D eigenvalue weighted by Gasteiger charge is 2.04. The summed E-state index contributed by atoms with van der Waals surface area (Å²) in [6.45, 7) is 12.1. The van der Waals surface area contributed by atoms with Crippen LogP contribution in [0.25, 0.3) is 0 Å². The van der Waals surface area contributed by atoms with Crippen LogP contribution in [0.3, 0.4) is 0 Å². The number of nitrogens with zero attached hydrogens (tertiary/aromatic N) is 1. The molecule has 0 aliphatic rings. The van der Waals surface area contributed by atoms with Crippen LogP contribution in [0, 0.1) is 0 Å². The molecule has 1 aromatic carbocycles. The van der Waals surface area contributed by atoms with Gasteiger partial charge in [0.25, 0.3) is 0 Å². The Morgan fingerprint density at radius 2 is 1.94 bits per heavy atom. The average Bonchev–Trinajstić information content (AvgIpc) is 2.26. The maximum Gasteiger partial charge on any atom is 0.0237 e. The normalized spacial score (nSPS) is 10.8. The van der Waals surface area contributed by atoms with Crippen molar-refractivity contribution < 1.29 is 0 Å². The Kier molecular flexibility index (Phi) is 5.95. The molecule has 0 radical (unpaired) electrons. The Bertz CT molecular complexity index is 358. The number of nitrogens with one attached hydrogen (secondary N) is 1. The van der Waals surface area contributed by atoms with Crippen molar-refractivity contribution in [1.82, 2.24) is 10.2 Å². The second-order valence-electron chi connectivity index (χ2n) is 4.68. The van der Waals surface area contributed by atoms with Crippen LogP contribution in [0.2, 0.25) is 0 Å². The van der Waals surface area contributed by atoms with Crippen LogP contribution in [0.4, 0.5) is 0 Å². The molecule has 2 heteroatoms. The highest BCUT2D eigenvalue weighted by atomic mass is 15.1. The number of likely N-dealkylation sites (N-methyl/N-ethyl adjacent to an activating group) is 1. The highest BCUT2D eigenvalue weighted by molar-refractivity contribution is 5.27. The summed E-state index contributed by atoms with van der Waals surface area (Å²) in [5.74, 6) is 0. The fourth-order valence-electron chi connectivity index (χ4n) is 1.95. The van der Waals surface area contributed by atoms with Crippen molar-refractivity contribution in [1.29, 1.82) is 0 Å². The summed E-state index contributed by atoms with van der Waals surface area (Å²) in [5.41, 5.74) is 4.00. The van der Waals surface area contributed by atoms with Gasteiger partial charge in [0, 0.05) is 19.6 Å². The van der Waals surface area contributed by atoms with Crippen LogP contribution >= 0.6 is 0 Å². The van der Waals surface area contributed by atoms with Gasteiger partial charge >= 0.3 is 0 Å². The average molecular weight is 232 g/mol. The van der Waals surface area contributed by atoms with E-state index in [9.17, 15) is 0 Å². The number of hydrogen-bond acceptors (Lipinski definition) is 2. The molecule has 17 heavy (non-hydrogen) atoms. The lowest BCUT2D eigenvalue weighted by Crippen LogP contribution is -2.21. The minimum Gasteiger partial charge on any atom is -0.313 e. The fourth-order valence-corrected chi connectivity index (χ4v) is 1.95. The first-order valence-corrected chi connectivity index (χ1v) is 6.24. The molecule has 1 N–H and O–H groups in total. The van der Waals surface area contributed by atoms with E-state index in [1.54, 1.807) is 0 Å². The fraction of sp³-hybridized carbons (Fsp3) is 0.467. The minimum atomic E-state index is 0.952. The summed E-state index contributed by atoms with van der Waals surface area (Å²) >= 11 is 0. The standard InChI is InChI=1S/C15H24N2/c1-5-16-10-14-8-6-7-9-15(14)12-17(4)11-13(2)3/h6-9,16H,2,5,10-12H2,1,3-4H3. The molecule has 1 rings (SSSR count). The van der Waals surface area contributed by atoms with Gasteiger partial charge in [-0.1, -0.05) is 43.3 Å². The molecule has 0 heterocycles. The Balaban J connectivity index is 2.65. The molecule has 0 spiro atoms. The van der Waals surface area contributed by atoms with Gasteiger partial charge in [-0.25, -0.2) is 0 Å². The summed E-state index contributed by atoms with van der Waals surface area (Å²) < 4.78 is 0. The lowest BCUT2D eigenvalue weighted by molar-refractivity contribution is 0.354. The van der Waals surface area contributed by atoms with Crippen molar-refractivity contribution in [3.63, 3.8) is 0 Å². The molecule has 94 valence electrons. The monoisotopic (exact) mass is 232 g/mol. The van der Waals surface area contributed by atoms with Crippen molar-refractivity contribution in [3.05, 3.63) is 47.5 Å². The third-order valence-electron chi connectivity index (χ3n) is 2.66. The topological polar surface area (TPSA) is 15.3 Å². The minimum absolute atomic E-state index is 0.952. The van der Waals surface area contributed by atoms with Gasteiger partial charge < -0.3 is 5.32 Å². The molecule has 0 unspecified atom stereocenters. The predicted molar refractivity (Wildman–Crippen MR) is 75.0 cm³/mol. The third-order valence-corrected chi connectivity index (χ3v) is 2.66. The van der Waals surface area contributed by atoms with Crippen molar-refractivity contribution in [2.75, 3.05) is 20.1 Å². The van der Waals surface area contributed by atoms with E-state index in [-0.39, 0.29) is 0 Å². The van der Waals surface area contributed by atoms with E-state index in [4.69, 9.17) is 0 Å². The van der Waals surface area contributed by atoms with E-state index >= 15 is 0 Å². The lowest BCUT2D eigenvalue weighted by Gasteiger charge is -2.19. The molecule has 0 amide bonds. The van der Waals surface area contributed by atoms with E-state index in [1.165, 1.54) is 16.7 Å². The van der Waals surface area contributed by atoms with E-state index in [1.807, 2.05) is 0 Å². The second kappa shape index (κ2) is 7.25. The van der Waals surface area contributed by atoms with Crippen LogP contribution in [0.15, 0.2) is 36.4 Å². The zero-order valence-electron chi connectivity index (χ0n) is 11.3. The Labute approximate surface area is 105 Å². The molecular formula is C15H24N2. The van der Waals surface area contributed by atoms with Crippen LogP contribution < -0.4 is 5.32 Å². The number of rotatable bonds is 7. The zero-order valence-corrected chi connectivity index (χ0v) is 11.3. The second-order valence-corrected chi connectivity index (χ2v) is 4.68. The van der Waals surface area contributed by atoms with Crippen LogP contribution in [-0.2, 0) is 13.1 Å². The van der Waals surface area contributed by atoms with Gasteiger partial charge in [0.2, 0.25) is 0 Å². The van der Waals surface area contributed by atoms with Crippen LogP contribution in [-0.4, -0.2) is 25.0 Å². The first-order chi connectivity index (χ1) is 8.13. The highest BCUT2D eigenvalue weighted by Crippen LogP contribution is 2.11. The Hall–Kier alpha value is -1.12. The smallest absolute Gasteiger partial charge is 0.0237 e. The van der Waals surface area contributed by atoms with Crippen molar-refractivity contribution in [2.45, 2.75) is 26.9 Å². The van der Waals surface area contributed by atoms with Gasteiger partial charge in [-0.3, -0.25) is 4.90 Å². The number of benzene rings is 1. The first-order valence-electron chi connectivity index (χ1n) is 6.24. The first kappa shape index (κ1) is 13.9. The van der Waals surface area contributed by atoms with Crippen molar-refractivity contribution in [2.24, 2.45) is 0 Å². The van der Waals surface area contributed by atoms with E-state index in [0.717, 1.165) is 26.2 Å².